The van der Waals surface area contributed by atoms with Gasteiger partial charge in [-0.15, -0.1) is 0 Å². The van der Waals surface area contributed by atoms with Gasteiger partial charge in [0.25, 0.3) is 0 Å². The molecule has 0 radical (unpaired) electrons. The summed E-state index contributed by atoms with van der Waals surface area (Å²) < 4.78 is 5.35. The number of nitrogens with one attached hydrogen (secondary N) is 1. The average molecular weight is 413 g/mol. The molecule has 4 rings (SSSR count). The fourth-order valence-corrected chi connectivity index (χ4v) is 4.35. The Morgan fingerprint density at radius 2 is 1.93 bits per heavy atom. The first kappa shape index (κ1) is 19.7. The van der Waals surface area contributed by atoms with Gasteiger partial charge in [0.15, 0.2) is 5.17 Å². The topological polar surface area (TPSA) is 78.2 Å². The smallest absolute Gasteiger partial charge is 0.239 e. The van der Waals surface area contributed by atoms with Crippen molar-refractivity contribution in [1.29, 1.82) is 0 Å². The third-order valence-corrected chi connectivity index (χ3v) is 5.90. The zero-order valence-corrected chi connectivity index (χ0v) is 17.0. The third kappa shape index (κ3) is 5.27. The molecule has 1 aromatic carbocycles. The lowest BCUT2D eigenvalue weighted by atomic mass is 10.1. The van der Waals surface area contributed by atoms with Gasteiger partial charge >= 0.3 is 0 Å². The first-order valence-electron chi connectivity index (χ1n) is 9.84. The summed E-state index contributed by atoms with van der Waals surface area (Å²) >= 11 is 1.42. The molecule has 29 heavy (non-hydrogen) atoms. The SMILES string of the molecule is O=C(CN1CCCCC1)Nc1ccc(N=C2SCC(=O)N2Cc2ccco2)cc1. The molecular formula is C21H24N4O3S. The number of amides is 2. The van der Waals surface area contributed by atoms with E-state index in [0.29, 0.717) is 24.0 Å². The Balaban J connectivity index is 1.36. The van der Waals surface area contributed by atoms with E-state index in [2.05, 4.69) is 15.2 Å². The zero-order valence-electron chi connectivity index (χ0n) is 16.2. The molecule has 2 aliphatic rings. The van der Waals surface area contributed by atoms with Crippen LogP contribution in [0.25, 0.3) is 0 Å². The van der Waals surface area contributed by atoms with E-state index in [0.717, 1.165) is 30.2 Å². The Hall–Kier alpha value is -2.58. The van der Waals surface area contributed by atoms with Crippen molar-refractivity contribution in [2.24, 2.45) is 4.99 Å². The number of aliphatic imine (C=N–C) groups is 1. The second-order valence-electron chi connectivity index (χ2n) is 7.17. The minimum absolute atomic E-state index is 0.00697. The first-order chi connectivity index (χ1) is 14.2. The number of furan rings is 1. The van der Waals surface area contributed by atoms with Crippen LogP contribution in [0.2, 0.25) is 0 Å². The Bertz CT molecular complexity index is 874. The highest BCUT2D eigenvalue weighted by Crippen LogP contribution is 2.26. The summed E-state index contributed by atoms with van der Waals surface area (Å²) in [5, 5.41) is 3.60. The van der Waals surface area contributed by atoms with Crippen LogP contribution in [0.3, 0.4) is 0 Å². The number of carbonyl (C=O) groups is 2. The average Bonchev–Trinajstić information content (AvgIpc) is 3.36. The summed E-state index contributed by atoms with van der Waals surface area (Å²) in [5.74, 6) is 1.13. The van der Waals surface area contributed by atoms with Gasteiger partial charge < -0.3 is 9.73 Å². The molecule has 2 amide bonds. The number of thioether (sulfide) groups is 1. The molecule has 7 nitrogen and oxygen atoms in total. The molecule has 2 aliphatic heterocycles. The lowest BCUT2D eigenvalue weighted by Gasteiger charge is -2.25. The van der Waals surface area contributed by atoms with Crippen LogP contribution in [0, 0.1) is 0 Å². The van der Waals surface area contributed by atoms with Crippen molar-refractivity contribution < 1.29 is 14.0 Å². The maximum atomic E-state index is 12.2. The van der Waals surface area contributed by atoms with Gasteiger partial charge in [-0.1, -0.05) is 18.2 Å². The number of anilines is 1. The molecule has 0 unspecified atom stereocenters. The fourth-order valence-electron chi connectivity index (χ4n) is 3.45. The van der Waals surface area contributed by atoms with Crippen molar-refractivity contribution in [1.82, 2.24) is 9.80 Å². The van der Waals surface area contributed by atoms with Gasteiger partial charge in [0.05, 0.1) is 30.8 Å². The predicted octanol–water partition coefficient (Wildman–Crippen LogP) is 3.47. The van der Waals surface area contributed by atoms with Crippen molar-refractivity contribution in [3.8, 4) is 0 Å². The molecule has 8 heteroatoms. The molecule has 0 atom stereocenters. The van der Waals surface area contributed by atoms with Crippen molar-refractivity contribution in [3.63, 3.8) is 0 Å². The number of carbonyl (C=O) groups excluding carboxylic acids is 2. The summed E-state index contributed by atoms with van der Waals surface area (Å²) in [6.45, 7) is 2.80. The van der Waals surface area contributed by atoms with Crippen LogP contribution in [-0.4, -0.2) is 52.2 Å². The van der Waals surface area contributed by atoms with Gasteiger partial charge in [-0.3, -0.25) is 19.4 Å². The fraction of sp³-hybridized carbons (Fsp3) is 0.381. The number of rotatable bonds is 6. The van der Waals surface area contributed by atoms with Gasteiger partial charge in [-0.2, -0.15) is 0 Å². The van der Waals surface area contributed by atoms with Crippen molar-refractivity contribution in [3.05, 3.63) is 48.4 Å². The van der Waals surface area contributed by atoms with E-state index in [9.17, 15) is 9.59 Å². The Labute approximate surface area is 174 Å². The molecule has 2 aromatic rings. The zero-order chi connectivity index (χ0) is 20.1. The van der Waals surface area contributed by atoms with Crippen LogP contribution < -0.4 is 5.32 Å². The number of likely N-dealkylation sites (tertiary alicyclic amines) is 1. The molecule has 1 N–H and O–H groups in total. The van der Waals surface area contributed by atoms with E-state index in [4.69, 9.17) is 4.42 Å². The van der Waals surface area contributed by atoms with Gasteiger partial charge in [-0.05, 0) is 62.3 Å². The lowest BCUT2D eigenvalue weighted by molar-refractivity contribution is -0.124. The molecule has 0 spiro atoms. The van der Waals surface area contributed by atoms with Gasteiger partial charge in [-0.25, -0.2) is 4.99 Å². The predicted molar refractivity (Wildman–Crippen MR) is 114 cm³/mol. The van der Waals surface area contributed by atoms with Gasteiger partial charge in [0, 0.05) is 5.69 Å². The molecule has 0 saturated carbocycles. The van der Waals surface area contributed by atoms with Crippen LogP contribution in [0.1, 0.15) is 25.0 Å². The third-order valence-electron chi connectivity index (χ3n) is 4.94. The molecule has 0 bridgehead atoms. The minimum atomic E-state index is 0.00697. The van der Waals surface area contributed by atoms with Crippen LogP contribution in [-0.2, 0) is 16.1 Å². The first-order valence-corrected chi connectivity index (χ1v) is 10.8. The highest BCUT2D eigenvalue weighted by Gasteiger charge is 2.29. The Morgan fingerprint density at radius 1 is 1.14 bits per heavy atom. The molecule has 0 aliphatic carbocycles. The molecule has 2 saturated heterocycles. The number of amidine groups is 1. The van der Waals surface area contributed by atoms with E-state index >= 15 is 0 Å². The number of benzene rings is 1. The van der Waals surface area contributed by atoms with Crippen molar-refractivity contribution in [2.75, 3.05) is 30.7 Å². The maximum Gasteiger partial charge on any atom is 0.239 e. The number of hydrogen-bond acceptors (Lipinski definition) is 6. The normalized spacial score (nSPS) is 19.1. The second kappa shape index (κ2) is 9.28. The standard InChI is InChI=1S/C21H24N4O3S/c26-19(14-24-10-2-1-3-11-24)22-16-6-8-17(9-7-16)23-21-25(20(27)15-29-21)13-18-5-4-12-28-18/h4-9,12H,1-3,10-11,13-15H2,(H,22,26). The number of piperidine rings is 1. The van der Waals surface area contributed by atoms with E-state index in [1.165, 1.54) is 31.0 Å². The van der Waals surface area contributed by atoms with Crippen LogP contribution in [0.4, 0.5) is 11.4 Å². The van der Waals surface area contributed by atoms with E-state index < -0.39 is 0 Å². The van der Waals surface area contributed by atoms with Gasteiger partial charge in [0.2, 0.25) is 11.8 Å². The van der Waals surface area contributed by atoms with E-state index in [1.807, 2.05) is 30.3 Å². The number of hydrogen-bond donors (Lipinski definition) is 1. The molecule has 3 heterocycles. The van der Waals surface area contributed by atoms with Crippen LogP contribution in [0.15, 0.2) is 52.1 Å². The maximum absolute atomic E-state index is 12.2. The quantitative estimate of drug-likeness (QED) is 0.786. The molecule has 1 aromatic heterocycles. The Morgan fingerprint density at radius 3 is 2.66 bits per heavy atom. The summed E-state index contributed by atoms with van der Waals surface area (Å²) in [5.41, 5.74) is 1.49. The molecule has 152 valence electrons. The van der Waals surface area contributed by atoms with E-state index in [-0.39, 0.29) is 11.8 Å². The Kier molecular flexibility index (Phi) is 6.31. The lowest BCUT2D eigenvalue weighted by Crippen LogP contribution is -2.36. The summed E-state index contributed by atoms with van der Waals surface area (Å²) in [6, 6.07) is 11.0. The summed E-state index contributed by atoms with van der Waals surface area (Å²) in [6.07, 6.45) is 5.18. The summed E-state index contributed by atoms with van der Waals surface area (Å²) in [4.78, 5) is 32.8. The monoisotopic (exact) mass is 412 g/mol. The van der Waals surface area contributed by atoms with Crippen LogP contribution >= 0.6 is 11.8 Å². The number of nitrogens with zero attached hydrogens (tertiary/aromatic N) is 3. The van der Waals surface area contributed by atoms with E-state index in [1.54, 1.807) is 17.2 Å². The van der Waals surface area contributed by atoms with Crippen molar-refractivity contribution >= 4 is 40.1 Å². The molecular weight excluding hydrogens is 388 g/mol. The second-order valence-corrected chi connectivity index (χ2v) is 8.12. The largest absolute Gasteiger partial charge is 0.467 e. The minimum Gasteiger partial charge on any atom is -0.467 e. The highest BCUT2D eigenvalue weighted by molar-refractivity contribution is 8.15. The molecule has 2 fully saturated rings. The summed E-state index contributed by atoms with van der Waals surface area (Å²) in [7, 11) is 0. The van der Waals surface area contributed by atoms with Gasteiger partial charge in [0.1, 0.15) is 5.76 Å². The van der Waals surface area contributed by atoms with Crippen molar-refractivity contribution in [2.45, 2.75) is 25.8 Å². The highest BCUT2D eigenvalue weighted by atomic mass is 32.2. The van der Waals surface area contributed by atoms with Crippen LogP contribution in [0.5, 0.6) is 0 Å².